The van der Waals surface area contributed by atoms with E-state index in [2.05, 4.69) is 15.2 Å². The quantitative estimate of drug-likeness (QED) is 0.776. The van der Waals surface area contributed by atoms with Gasteiger partial charge in [0.15, 0.2) is 5.65 Å². The van der Waals surface area contributed by atoms with Gasteiger partial charge < -0.3 is 5.11 Å². The van der Waals surface area contributed by atoms with Gasteiger partial charge in [0.1, 0.15) is 12.2 Å². The molecule has 1 N–H and O–H groups in total. The topological polar surface area (TPSA) is 80.4 Å². The molecule has 0 saturated heterocycles. The summed E-state index contributed by atoms with van der Waals surface area (Å²) in [6.45, 7) is 0. The first-order chi connectivity index (χ1) is 10.2. The Kier molecular flexibility index (Phi) is 3.59. The standard InChI is InChI=1S/C15H14N4O2/c20-15(21)8-4-7-13-17-18-14-9-12(16-10-19(13)14)11-5-2-1-3-6-11/h1-3,5-6,9-10H,4,7-8H2,(H,20,21). The lowest BCUT2D eigenvalue weighted by Crippen LogP contribution is -2.00. The van der Waals surface area contributed by atoms with Gasteiger partial charge in [0, 0.05) is 24.5 Å². The molecule has 0 amide bonds. The van der Waals surface area contributed by atoms with E-state index in [0.29, 0.717) is 18.5 Å². The zero-order valence-electron chi connectivity index (χ0n) is 11.3. The molecule has 0 aliphatic heterocycles. The first kappa shape index (κ1) is 13.2. The summed E-state index contributed by atoms with van der Waals surface area (Å²) < 4.78 is 1.80. The molecular formula is C15H14N4O2. The second-order valence-corrected chi connectivity index (χ2v) is 4.73. The highest BCUT2D eigenvalue weighted by Crippen LogP contribution is 2.17. The molecule has 0 atom stereocenters. The second kappa shape index (κ2) is 5.70. The van der Waals surface area contributed by atoms with E-state index < -0.39 is 5.97 Å². The smallest absolute Gasteiger partial charge is 0.303 e. The van der Waals surface area contributed by atoms with Crippen molar-refractivity contribution < 1.29 is 9.90 Å². The molecule has 0 bridgehead atoms. The molecule has 6 heteroatoms. The van der Waals surface area contributed by atoms with E-state index in [-0.39, 0.29) is 6.42 Å². The largest absolute Gasteiger partial charge is 0.481 e. The third kappa shape index (κ3) is 2.89. The van der Waals surface area contributed by atoms with Crippen LogP contribution < -0.4 is 0 Å². The maximum atomic E-state index is 10.5. The van der Waals surface area contributed by atoms with E-state index in [9.17, 15) is 4.79 Å². The Bertz CT molecular complexity index is 768. The molecule has 0 spiro atoms. The van der Waals surface area contributed by atoms with Gasteiger partial charge in [0.25, 0.3) is 0 Å². The molecule has 21 heavy (non-hydrogen) atoms. The normalized spacial score (nSPS) is 10.9. The molecule has 3 aromatic rings. The number of benzene rings is 1. The van der Waals surface area contributed by atoms with Gasteiger partial charge in [-0.25, -0.2) is 4.98 Å². The summed E-state index contributed by atoms with van der Waals surface area (Å²) >= 11 is 0. The van der Waals surface area contributed by atoms with Crippen LogP contribution in [0.4, 0.5) is 0 Å². The molecule has 0 radical (unpaired) electrons. The highest BCUT2D eigenvalue weighted by atomic mass is 16.4. The lowest BCUT2D eigenvalue weighted by Gasteiger charge is -2.02. The summed E-state index contributed by atoms with van der Waals surface area (Å²) in [7, 11) is 0. The van der Waals surface area contributed by atoms with E-state index in [4.69, 9.17) is 5.11 Å². The van der Waals surface area contributed by atoms with Crippen LogP contribution in [-0.4, -0.2) is 30.7 Å². The van der Waals surface area contributed by atoms with Crippen molar-refractivity contribution in [3.8, 4) is 11.3 Å². The third-order valence-corrected chi connectivity index (χ3v) is 3.23. The third-order valence-electron chi connectivity index (χ3n) is 3.23. The fourth-order valence-electron chi connectivity index (χ4n) is 2.18. The number of aliphatic carboxylic acids is 1. The summed E-state index contributed by atoms with van der Waals surface area (Å²) in [6, 6.07) is 11.7. The van der Waals surface area contributed by atoms with Crippen molar-refractivity contribution in [3.63, 3.8) is 0 Å². The van der Waals surface area contributed by atoms with E-state index in [1.807, 2.05) is 36.4 Å². The van der Waals surface area contributed by atoms with E-state index in [0.717, 1.165) is 17.1 Å². The predicted molar refractivity (Wildman–Crippen MR) is 76.8 cm³/mol. The van der Waals surface area contributed by atoms with Crippen LogP contribution in [0.1, 0.15) is 18.7 Å². The zero-order chi connectivity index (χ0) is 14.7. The molecule has 1 aromatic carbocycles. The van der Waals surface area contributed by atoms with Crippen LogP contribution in [0.2, 0.25) is 0 Å². The maximum absolute atomic E-state index is 10.5. The van der Waals surface area contributed by atoms with Crippen molar-refractivity contribution >= 4 is 11.6 Å². The van der Waals surface area contributed by atoms with Crippen LogP contribution in [0.25, 0.3) is 16.9 Å². The van der Waals surface area contributed by atoms with Crippen molar-refractivity contribution in [2.24, 2.45) is 0 Å². The minimum Gasteiger partial charge on any atom is -0.481 e. The van der Waals surface area contributed by atoms with Gasteiger partial charge in [-0.3, -0.25) is 9.20 Å². The summed E-state index contributed by atoms with van der Waals surface area (Å²) in [4.78, 5) is 15.0. The number of aromatic nitrogens is 4. The lowest BCUT2D eigenvalue weighted by molar-refractivity contribution is -0.137. The van der Waals surface area contributed by atoms with Crippen LogP contribution in [0.15, 0.2) is 42.7 Å². The van der Waals surface area contributed by atoms with Gasteiger partial charge in [-0.15, -0.1) is 10.2 Å². The second-order valence-electron chi connectivity index (χ2n) is 4.73. The zero-order valence-corrected chi connectivity index (χ0v) is 11.3. The first-order valence-corrected chi connectivity index (χ1v) is 6.71. The van der Waals surface area contributed by atoms with Gasteiger partial charge in [-0.1, -0.05) is 30.3 Å². The van der Waals surface area contributed by atoms with Crippen molar-refractivity contribution in [1.82, 2.24) is 19.6 Å². The molecule has 0 unspecified atom stereocenters. The van der Waals surface area contributed by atoms with Gasteiger partial charge in [-0.05, 0) is 6.42 Å². The molecule has 106 valence electrons. The van der Waals surface area contributed by atoms with Crippen molar-refractivity contribution in [1.29, 1.82) is 0 Å². The molecule has 0 aliphatic rings. The number of carboxylic acid groups (broad SMARTS) is 1. The minimum absolute atomic E-state index is 0.129. The number of nitrogens with zero attached hydrogens (tertiary/aromatic N) is 4. The number of rotatable bonds is 5. The average molecular weight is 282 g/mol. The van der Waals surface area contributed by atoms with E-state index in [1.165, 1.54) is 0 Å². The van der Waals surface area contributed by atoms with Crippen LogP contribution in [0.3, 0.4) is 0 Å². The van der Waals surface area contributed by atoms with Crippen LogP contribution in [0.5, 0.6) is 0 Å². The maximum Gasteiger partial charge on any atom is 0.303 e. The Labute approximate surface area is 121 Å². The number of carboxylic acids is 1. The molecule has 0 fully saturated rings. The van der Waals surface area contributed by atoms with Gasteiger partial charge in [0.05, 0.1) is 5.69 Å². The number of fused-ring (bicyclic) bond motifs is 1. The predicted octanol–water partition coefficient (Wildman–Crippen LogP) is 2.20. The number of hydrogen-bond donors (Lipinski definition) is 1. The Morgan fingerprint density at radius 3 is 2.76 bits per heavy atom. The highest BCUT2D eigenvalue weighted by molar-refractivity contribution is 5.66. The monoisotopic (exact) mass is 282 g/mol. The minimum atomic E-state index is -0.798. The molecule has 0 saturated carbocycles. The lowest BCUT2D eigenvalue weighted by atomic mass is 10.1. The fourth-order valence-corrected chi connectivity index (χ4v) is 2.18. The summed E-state index contributed by atoms with van der Waals surface area (Å²) in [5.41, 5.74) is 2.58. The molecular weight excluding hydrogens is 268 g/mol. The number of aryl methyl sites for hydroxylation is 1. The Hall–Kier alpha value is -2.76. The summed E-state index contributed by atoms with van der Waals surface area (Å²) in [5.74, 6) is -0.0633. The van der Waals surface area contributed by atoms with E-state index in [1.54, 1.807) is 10.7 Å². The van der Waals surface area contributed by atoms with Crippen molar-refractivity contribution in [2.75, 3.05) is 0 Å². The molecule has 2 heterocycles. The SMILES string of the molecule is O=C(O)CCCc1nnc2cc(-c3ccccc3)ncn12. The summed E-state index contributed by atoms with van der Waals surface area (Å²) in [5, 5.41) is 16.9. The fraction of sp³-hybridized carbons (Fsp3) is 0.200. The molecule has 2 aromatic heterocycles. The molecule has 0 aliphatic carbocycles. The van der Waals surface area contributed by atoms with E-state index >= 15 is 0 Å². The average Bonchev–Trinajstić information content (AvgIpc) is 2.90. The van der Waals surface area contributed by atoms with Gasteiger partial charge in [-0.2, -0.15) is 0 Å². The van der Waals surface area contributed by atoms with Crippen molar-refractivity contribution in [2.45, 2.75) is 19.3 Å². The van der Waals surface area contributed by atoms with Crippen LogP contribution in [-0.2, 0) is 11.2 Å². The van der Waals surface area contributed by atoms with Gasteiger partial charge >= 0.3 is 5.97 Å². The first-order valence-electron chi connectivity index (χ1n) is 6.71. The summed E-state index contributed by atoms with van der Waals surface area (Å²) in [6.07, 6.45) is 2.93. The Morgan fingerprint density at radius 2 is 2.00 bits per heavy atom. The van der Waals surface area contributed by atoms with Crippen molar-refractivity contribution in [3.05, 3.63) is 48.5 Å². The number of carbonyl (C=O) groups is 1. The van der Waals surface area contributed by atoms with Crippen LogP contribution >= 0.6 is 0 Å². The molecule has 6 nitrogen and oxygen atoms in total. The molecule has 3 rings (SSSR count). The number of hydrogen-bond acceptors (Lipinski definition) is 4. The highest BCUT2D eigenvalue weighted by Gasteiger charge is 2.08. The Morgan fingerprint density at radius 1 is 1.19 bits per heavy atom. The Balaban J connectivity index is 1.86. The van der Waals surface area contributed by atoms with Crippen LogP contribution in [0, 0.1) is 0 Å². The van der Waals surface area contributed by atoms with Gasteiger partial charge in [0.2, 0.25) is 0 Å².